The van der Waals surface area contributed by atoms with Crippen LogP contribution in [0.4, 0.5) is 0 Å². The number of hydrogen-bond acceptors (Lipinski definition) is 5. The van der Waals surface area contributed by atoms with Crippen molar-refractivity contribution in [3.8, 4) is 17.2 Å². The number of aromatic nitrogens is 1. The molecular formula is C30H32ClNO5. The number of ether oxygens (including phenoxy) is 4. The fraction of sp³-hybridized carbons (Fsp3) is 0.300. The van der Waals surface area contributed by atoms with Crippen LogP contribution < -0.4 is 14.2 Å². The summed E-state index contributed by atoms with van der Waals surface area (Å²) in [7, 11) is 1.41. The predicted octanol–water partition coefficient (Wildman–Crippen LogP) is 6.85. The molecule has 0 bridgehead atoms. The van der Waals surface area contributed by atoms with Gasteiger partial charge in [-0.25, -0.2) is 0 Å². The lowest BCUT2D eigenvalue weighted by Crippen LogP contribution is -2.05. The van der Waals surface area contributed by atoms with Crippen LogP contribution in [-0.2, 0) is 29.1 Å². The molecule has 0 fully saturated rings. The van der Waals surface area contributed by atoms with Gasteiger partial charge in [-0.1, -0.05) is 36.7 Å². The summed E-state index contributed by atoms with van der Waals surface area (Å²) in [6.07, 6.45) is 4.01. The van der Waals surface area contributed by atoms with E-state index in [4.69, 9.17) is 30.5 Å². The largest absolute Gasteiger partial charge is 0.493 e. The van der Waals surface area contributed by atoms with Crippen LogP contribution in [0.5, 0.6) is 17.2 Å². The molecule has 4 rings (SSSR count). The summed E-state index contributed by atoms with van der Waals surface area (Å²) in [5.41, 5.74) is 3.09. The molecule has 1 heterocycles. The number of fused-ring (bicyclic) bond motifs is 1. The summed E-state index contributed by atoms with van der Waals surface area (Å²) in [4.78, 5) is 11.9. The van der Waals surface area contributed by atoms with Crippen LogP contribution in [0.3, 0.4) is 0 Å². The van der Waals surface area contributed by atoms with E-state index in [0.29, 0.717) is 24.8 Å². The van der Waals surface area contributed by atoms with E-state index < -0.39 is 0 Å². The minimum atomic E-state index is -0.251. The molecule has 37 heavy (non-hydrogen) atoms. The van der Waals surface area contributed by atoms with Gasteiger partial charge in [0.25, 0.3) is 0 Å². The molecular weight excluding hydrogens is 490 g/mol. The summed E-state index contributed by atoms with van der Waals surface area (Å²) in [5.74, 6) is 2.01. The van der Waals surface area contributed by atoms with Crippen molar-refractivity contribution < 1.29 is 23.7 Å². The molecule has 0 spiro atoms. The van der Waals surface area contributed by atoms with Crippen molar-refractivity contribution in [3.05, 3.63) is 89.1 Å². The van der Waals surface area contributed by atoms with Crippen molar-refractivity contribution in [2.24, 2.45) is 0 Å². The van der Waals surface area contributed by atoms with Gasteiger partial charge < -0.3 is 23.5 Å². The SMILES string of the molecule is CCCn1cc(CC(=O)OC)c2cc(OCCCOc3cccc(OCc4ccc(Cl)cc4)c3)ccc21. The number of benzene rings is 3. The first-order valence-corrected chi connectivity index (χ1v) is 12.8. The summed E-state index contributed by atoms with van der Waals surface area (Å²) in [5, 5.41) is 1.72. The molecule has 0 saturated heterocycles. The van der Waals surface area contributed by atoms with Gasteiger partial charge in [-0.05, 0) is 60.0 Å². The molecule has 6 nitrogen and oxygen atoms in total. The van der Waals surface area contributed by atoms with Crippen LogP contribution in [0.1, 0.15) is 30.9 Å². The van der Waals surface area contributed by atoms with E-state index in [-0.39, 0.29) is 12.4 Å². The first-order valence-electron chi connectivity index (χ1n) is 12.5. The van der Waals surface area contributed by atoms with E-state index in [2.05, 4.69) is 11.5 Å². The molecule has 4 aromatic rings. The molecule has 0 radical (unpaired) electrons. The third-order valence-electron chi connectivity index (χ3n) is 5.91. The normalized spacial score (nSPS) is 10.9. The summed E-state index contributed by atoms with van der Waals surface area (Å²) in [6, 6.07) is 21.2. The van der Waals surface area contributed by atoms with Crippen molar-refractivity contribution in [2.75, 3.05) is 20.3 Å². The van der Waals surface area contributed by atoms with Crippen LogP contribution in [0.25, 0.3) is 10.9 Å². The topological polar surface area (TPSA) is 58.9 Å². The molecule has 0 aliphatic heterocycles. The molecule has 3 aromatic carbocycles. The van der Waals surface area contributed by atoms with E-state index in [1.54, 1.807) is 0 Å². The maximum Gasteiger partial charge on any atom is 0.310 e. The van der Waals surface area contributed by atoms with Crippen molar-refractivity contribution in [3.63, 3.8) is 0 Å². The minimum Gasteiger partial charge on any atom is -0.493 e. The zero-order valence-electron chi connectivity index (χ0n) is 21.2. The Morgan fingerprint density at radius 1 is 0.892 bits per heavy atom. The predicted molar refractivity (Wildman–Crippen MR) is 146 cm³/mol. The second kappa shape index (κ2) is 13.1. The second-order valence-electron chi connectivity index (χ2n) is 8.72. The second-order valence-corrected chi connectivity index (χ2v) is 9.16. The molecule has 7 heteroatoms. The number of nitrogens with zero attached hydrogens (tertiary/aromatic N) is 1. The number of halogens is 1. The Hall–Kier alpha value is -3.64. The molecule has 0 saturated carbocycles. The number of esters is 1. The Kier molecular flexibility index (Phi) is 9.33. The molecule has 1 aromatic heterocycles. The Balaban J connectivity index is 1.27. The van der Waals surface area contributed by atoms with Crippen molar-refractivity contribution in [1.29, 1.82) is 0 Å². The van der Waals surface area contributed by atoms with Gasteiger partial charge in [-0.2, -0.15) is 0 Å². The highest BCUT2D eigenvalue weighted by Gasteiger charge is 2.13. The summed E-state index contributed by atoms with van der Waals surface area (Å²) in [6.45, 7) is 4.52. The number of carbonyl (C=O) groups excluding carboxylic acids is 1. The lowest BCUT2D eigenvalue weighted by atomic mass is 10.1. The molecule has 0 aliphatic carbocycles. The van der Waals surface area contributed by atoms with Gasteiger partial charge in [0, 0.05) is 41.2 Å². The number of aryl methyl sites for hydroxylation is 1. The van der Waals surface area contributed by atoms with Crippen molar-refractivity contribution in [2.45, 2.75) is 39.3 Å². The first kappa shape index (κ1) is 26.4. The van der Waals surface area contributed by atoms with Crippen molar-refractivity contribution in [1.82, 2.24) is 4.57 Å². The number of methoxy groups -OCH3 is 1. The smallest absolute Gasteiger partial charge is 0.310 e. The Bertz CT molecular complexity index is 1320. The van der Waals surface area contributed by atoms with Crippen LogP contribution in [0.15, 0.2) is 72.9 Å². The number of hydrogen-bond donors (Lipinski definition) is 0. The Morgan fingerprint density at radius 3 is 2.30 bits per heavy atom. The Morgan fingerprint density at radius 2 is 1.59 bits per heavy atom. The zero-order chi connectivity index (χ0) is 26.0. The highest BCUT2D eigenvalue weighted by atomic mass is 35.5. The van der Waals surface area contributed by atoms with E-state index in [9.17, 15) is 4.79 Å². The van der Waals surface area contributed by atoms with Crippen molar-refractivity contribution >= 4 is 28.5 Å². The highest BCUT2D eigenvalue weighted by molar-refractivity contribution is 6.30. The third kappa shape index (κ3) is 7.43. The van der Waals surface area contributed by atoms with Gasteiger partial charge in [-0.3, -0.25) is 4.79 Å². The fourth-order valence-electron chi connectivity index (χ4n) is 4.07. The van der Waals surface area contributed by atoms with Crippen LogP contribution in [0, 0.1) is 0 Å². The molecule has 0 atom stereocenters. The fourth-order valence-corrected chi connectivity index (χ4v) is 4.20. The average molecular weight is 522 g/mol. The highest BCUT2D eigenvalue weighted by Crippen LogP contribution is 2.27. The van der Waals surface area contributed by atoms with E-state index in [1.165, 1.54) is 7.11 Å². The maximum absolute atomic E-state index is 11.9. The third-order valence-corrected chi connectivity index (χ3v) is 6.16. The lowest BCUT2D eigenvalue weighted by Gasteiger charge is -2.11. The van der Waals surface area contributed by atoms with E-state index >= 15 is 0 Å². The number of rotatable bonds is 13. The van der Waals surface area contributed by atoms with Gasteiger partial charge in [0.2, 0.25) is 0 Å². The van der Waals surface area contributed by atoms with Gasteiger partial charge in [0.15, 0.2) is 0 Å². The quantitative estimate of drug-likeness (QED) is 0.142. The van der Waals surface area contributed by atoms with E-state index in [0.717, 1.165) is 58.7 Å². The molecule has 0 aliphatic rings. The van der Waals surface area contributed by atoms with Crippen LogP contribution in [0.2, 0.25) is 5.02 Å². The first-order chi connectivity index (χ1) is 18.1. The molecule has 194 valence electrons. The summed E-state index contributed by atoms with van der Waals surface area (Å²) < 4.78 is 24.8. The van der Waals surface area contributed by atoms with Crippen LogP contribution in [-0.4, -0.2) is 30.9 Å². The van der Waals surface area contributed by atoms with E-state index in [1.807, 2.05) is 72.9 Å². The average Bonchev–Trinajstić information content (AvgIpc) is 3.24. The standard InChI is InChI=1S/C30H32ClNO5/c1-3-14-32-20-23(17-30(33)34-2)28-19-27(12-13-29(28)32)36-16-5-15-35-25-6-4-7-26(18-25)37-21-22-8-10-24(31)11-9-22/h4,6-13,18-20H,3,5,14-17,21H2,1-2H3. The van der Waals surface area contributed by atoms with Crippen LogP contribution >= 0.6 is 11.6 Å². The Labute approximate surface area is 222 Å². The van der Waals surface area contributed by atoms with Gasteiger partial charge >= 0.3 is 5.97 Å². The monoisotopic (exact) mass is 521 g/mol. The van der Waals surface area contributed by atoms with Gasteiger partial charge in [0.1, 0.15) is 23.9 Å². The lowest BCUT2D eigenvalue weighted by molar-refractivity contribution is -0.139. The molecule has 0 amide bonds. The molecule has 0 unspecified atom stereocenters. The maximum atomic E-state index is 11.9. The summed E-state index contributed by atoms with van der Waals surface area (Å²) >= 11 is 5.94. The number of carbonyl (C=O) groups is 1. The molecule has 0 N–H and O–H groups in total. The minimum absolute atomic E-state index is 0.240. The van der Waals surface area contributed by atoms with Gasteiger partial charge in [0.05, 0.1) is 26.7 Å². The van der Waals surface area contributed by atoms with Gasteiger partial charge in [-0.15, -0.1) is 0 Å². The zero-order valence-corrected chi connectivity index (χ0v) is 22.0.